The number of anilines is 2. The molecule has 0 radical (unpaired) electrons. The zero-order valence-corrected chi connectivity index (χ0v) is 14.6. The lowest BCUT2D eigenvalue weighted by atomic mass is 10.2. The number of ether oxygens (including phenoxy) is 1. The van der Waals surface area contributed by atoms with Crippen molar-refractivity contribution in [3.8, 4) is 11.5 Å². The number of aromatic amines is 1. The summed E-state index contributed by atoms with van der Waals surface area (Å²) < 4.78 is 5.79. The standard InChI is InChI=1S/C20H17ClN4O/c21-14-3-8-17(9-4-14)26-16-6-1-13(2-7-16)12-23-20-24-18-10-5-15(22)11-19(18)25-20/h1-11H,12,22H2,(H2,23,24,25). The zero-order chi connectivity index (χ0) is 17.9. The Bertz CT molecular complexity index is 1030. The van der Waals surface area contributed by atoms with E-state index in [-0.39, 0.29) is 0 Å². The highest BCUT2D eigenvalue weighted by molar-refractivity contribution is 6.30. The van der Waals surface area contributed by atoms with Gasteiger partial charge in [-0.15, -0.1) is 0 Å². The molecular formula is C20H17ClN4O. The maximum atomic E-state index is 5.88. The molecule has 0 atom stereocenters. The number of nitrogens with two attached hydrogens (primary N) is 1. The number of benzene rings is 3. The summed E-state index contributed by atoms with van der Waals surface area (Å²) in [7, 11) is 0. The molecule has 6 heteroatoms. The van der Waals surface area contributed by atoms with Crippen molar-refractivity contribution in [2.45, 2.75) is 6.54 Å². The first kappa shape index (κ1) is 16.3. The van der Waals surface area contributed by atoms with Gasteiger partial charge in [-0.3, -0.25) is 0 Å². The van der Waals surface area contributed by atoms with Crippen molar-refractivity contribution in [1.82, 2.24) is 9.97 Å². The zero-order valence-electron chi connectivity index (χ0n) is 13.9. The Kier molecular flexibility index (Phi) is 4.37. The molecule has 0 aliphatic carbocycles. The normalized spacial score (nSPS) is 10.8. The first-order valence-electron chi connectivity index (χ1n) is 8.17. The van der Waals surface area contributed by atoms with E-state index in [1.54, 1.807) is 12.1 Å². The minimum Gasteiger partial charge on any atom is -0.457 e. The average molecular weight is 365 g/mol. The Balaban J connectivity index is 1.39. The van der Waals surface area contributed by atoms with Crippen LogP contribution in [0.2, 0.25) is 5.02 Å². The van der Waals surface area contributed by atoms with Gasteiger partial charge in [-0.1, -0.05) is 23.7 Å². The van der Waals surface area contributed by atoms with E-state index in [2.05, 4.69) is 15.3 Å². The predicted octanol–water partition coefficient (Wildman–Crippen LogP) is 5.20. The van der Waals surface area contributed by atoms with E-state index in [1.807, 2.05) is 54.6 Å². The SMILES string of the molecule is Nc1ccc2[nH]c(NCc3ccc(Oc4ccc(Cl)cc4)cc3)nc2c1. The minimum absolute atomic E-state index is 0.649. The fourth-order valence-electron chi connectivity index (χ4n) is 2.61. The van der Waals surface area contributed by atoms with Crippen molar-refractivity contribution in [2.75, 3.05) is 11.1 Å². The van der Waals surface area contributed by atoms with Crippen LogP contribution in [0.1, 0.15) is 5.56 Å². The third kappa shape index (κ3) is 3.73. The molecule has 0 saturated heterocycles. The van der Waals surface area contributed by atoms with Gasteiger partial charge in [-0.05, 0) is 60.2 Å². The molecule has 4 rings (SSSR count). The summed E-state index contributed by atoms with van der Waals surface area (Å²) in [5, 5.41) is 3.97. The molecule has 0 spiro atoms. The van der Waals surface area contributed by atoms with Crippen LogP contribution in [0.4, 0.5) is 11.6 Å². The number of hydrogen-bond acceptors (Lipinski definition) is 4. The molecule has 3 aromatic carbocycles. The second kappa shape index (κ2) is 6.98. The Morgan fingerprint density at radius 3 is 2.38 bits per heavy atom. The van der Waals surface area contributed by atoms with Crippen molar-refractivity contribution < 1.29 is 4.74 Å². The lowest BCUT2D eigenvalue weighted by molar-refractivity contribution is 0.482. The fourth-order valence-corrected chi connectivity index (χ4v) is 2.73. The van der Waals surface area contributed by atoms with Crippen LogP contribution in [0.25, 0.3) is 11.0 Å². The molecule has 0 aliphatic rings. The van der Waals surface area contributed by atoms with Gasteiger partial charge in [0.15, 0.2) is 0 Å². The van der Waals surface area contributed by atoms with Gasteiger partial charge < -0.3 is 20.8 Å². The Hall–Kier alpha value is -3.18. The van der Waals surface area contributed by atoms with Crippen LogP contribution in [0.3, 0.4) is 0 Å². The molecule has 26 heavy (non-hydrogen) atoms. The van der Waals surface area contributed by atoms with E-state index in [0.29, 0.717) is 23.2 Å². The number of aromatic nitrogens is 2. The highest BCUT2D eigenvalue weighted by atomic mass is 35.5. The molecule has 0 bridgehead atoms. The van der Waals surface area contributed by atoms with Crippen LogP contribution < -0.4 is 15.8 Å². The molecule has 0 unspecified atom stereocenters. The number of nitrogens with zero attached hydrogens (tertiary/aromatic N) is 1. The Labute approximate surface area is 155 Å². The van der Waals surface area contributed by atoms with Crippen LogP contribution >= 0.6 is 11.6 Å². The second-order valence-electron chi connectivity index (χ2n) is 5.92. The smallest absolute Gasteiger partial charge is 0.201 e. The van der Waals surface area contributed by atoms with E-state index in [0.717, 1.165) is 28.1 Å². The van der Waals surface area contributed by atoms with E-state index in [1.165, 1.54) is 0 Å². The number of fused-ring (bicyclic) bond motifs is 1. The maximum Gasteiger partial charge on any atom is 0.201 e. The molecule has 4 N–H and O–H groups in total. The van der Waals surface area contributed by atoms with Crippen molar-refractivity contribution in [3.63, 3.8) is 0 Å². The molecule has 1 heterocycles. The Morgan fingerprint density at radius 1 is 0.962 bits per heavy atom. The van der Waals surface area contributed by atoms with Gasteiger partial charge in [0.2, 0.25) is 5.95 Å². The molecule has 0 amide bonds. The third-order valence-corrected chi connectivity index (χ3v) is 4.19. The second-order valence-corrected chi connectivity index (χ2v) is 6.35. The van der Waals surface area contributed by atoms with Crippen LogP contribution in [0.5, 0.6) is 11.5 Å². The molecule has 1 aromatic heterocycles. The third-order valence-electron chi connectivity index (χ3n) is 3.94. The van der Waals surface area contributed by atoms with Crippen LogP contribution in [-0.4, -0.2) is 9.97 Å². The highest BCUT2D eigenvalue weighted by Gasteiger charge is 2.03. The summed E-state index contributed by atoms with van der Waals surface area (Å²) in [6.07, 6.45) is 0. The van der Waals surface area contributed by atoms with Gasteiger partial charge in [0, 0.05) is 17.3 Å². The van der Waals surface area contributed by atoms with Gasteiger partial charge in [-0.2, -0.15) is 0 Å². The number of hydrogen-bond donors (Lipinski definition) is 3. The summed E-state index contributed by atoms with van der Waals surface area (Å²) in [5.41, 5.74) is 9.40. The van der Waals surface area contributed by atoms with Gasteiger partial charge in [0.05, 0.1) is 11.0 Å². The maximum absolute atomic E-state index is 5.88. The topological polar surface area (TPSA) is 76.0 Å². The van der Waals surface area contributed by atoms with E-state index in [9.17, 15) is 0 Å². The van der Waals surface area contributed by atoms with E-state index < -0.39 is 0 Å². The monoisotopic (exact) mass is 364 g/mol. The molecule has 130 valence electrons. The van der Waals surface area contributed by atoms with Gasteiger partial charge in [-0.25, -0.2) is 4.98 Å². The number of halogens is 1. The molecule has 0 fully saturated rings. The number of imidazole rings is 1. The molecule has 0 aliphatic heterocycles. The first-order valence-corrected chi connectivity index (χ1v) is 8.55. The summed E-state index contributed by atoms with van der Waals surface area (Å²) in [5.74, 6) is 2.24. The summed E-state index contributed by atoms with van der Waals surface area (Å²) in [6.45, 7) is 0.649. The predicted molar refractivity (Wildman–Crippen MR) is 106 cm³/mol. The van der Waals surface area contributed by atoms with Crippen molar-refractivity contribution in [2.24, 2.45) is 0 Å². The van der Waals surface area contributed by atoms with Gasteiger partial charge in [0.25, 0.3) is 0 Å². The average Bonchev–Trinajstić information content (AvgIpc) is 3.05. The van der Waals surface area contributed by atoms with Crippen LogP contribution in [0, 0.1) is 0 Å². The highest BCUT2D eigenvalue weighted by Crippen LogP contribution is 2.23. The van der Waals surface area contributed by atoms with Crippen LogP contribution in [-0.2, 0) is 6.54 Å². The number of nitrogen functional groups attached to an aromatic ring is 1. The van der Waals surface area contributed by atoms with Gasteiger partial charge in [0.1, 0.15) is 11.5 Å². The van der Waals surface area contributed by atoms with Crippen molar-refractivity contribution in [1.29, 1.82) is 0 Å². The number of H-pyrrole nitrogens is 1. The fraction of sp³-hybridized carbons (Fsp3) is 0.0500. The molecular weight excluding hydrogens is 348 g/mol. The summed E-state index contributed by atoms with van der Waals surface area (Å²) >= 11 is 5.88. The molecule has 0 saturated carbocycles. The number of nitrogens with one attached hydrogen (secondary N) is 2. The summed E-state index contributed by atoms with van der Waals surface area (Å²) in [4.78, 5) is 7.72. The van der Waals surface area contributed by atoms with E-state index in [4.69, 9.17) is 22.1 Å². The molecule has 5 nitrogen and oxygen atoms in total. The van der Waals surface area contributed by atoms with E-state index >= 15 is 0 Å². The van der Waals surface area contributed by atoms with Crippen molar-refractivity contribution in [3.05, 3.63) is 77.3 Å². The quantitative estimate of drug-likeness (QED) is 0.425. The lowest BCUT2D eigenvalue weighted by Gasteiger charge is -2.07. The molecule has 4 aromatic rings. The Morgan fingerprint density at radius 2 is 1.65 bits per heavy atom. The van der Waals surface area contributed by atoms with Crippen molar-refractivity contribution >= 4 is 34.3 Å². The lowest BCUT2D eigenvalue weighted by Crippen LogP contribution is -2.00. The minimum atomic E-state index is 0.649. The number of rotatable bonds is 5. The van der Waals surface area contributed by atoms with Crippen LogP contribution in [0.15, 0.2) is 66.7 Å². The van der Waals surface area contributed by atoms with Gasteiger partial charge >= 0.3 is 0 Å². The first-order chi connectivity index (χ1) is 12.7. The largest absolute Gasteiger partial charge is 0.457 e. The summed E-state index contributed by atoms with van der Waals surface area (Å²) in [6, 6.07) is 20.8.